The van der Waals surface area contributed by atoms with Crippen molar-refractivity contribution >= 4 is 39.1 Å². The first-order valence-corrected chi connectivity index (χ1v) is 6.69. The zero-order chi connectivity index (χ0) is 11.3. The molecule has 0 heterocycles. The van der Waals surface area contributed by atoms with Crippen LogP contribution in [-0.2, 0) is 0 Å². The van der Waals surface area contributed by atoms with Crippen LogP contribution < -0.4 is 4.74 Å². The van der Waals surface area contributed by atoms with Gasteiger partial charge in [-0.2, -0.15) is 0 Å². The molecule has 15 heavy (non-hydrogen) atoms. The van der Waals surface area contributed by atoms with Crippen molar-refractivity contribution < 1.29 is 4.74 Å². The predicted molar refractivity (Wildman–Crippen MR) is 69.5 cm³/mol. The fourth-order valence-electron chi connectivity index (χ4n) is 1.05. The third-order valence-corrected chi connectivity index (χ3v) is 3.83. The summed E-state index contributed by atoms with van der Waals surface area (Å²) in [5, 5.41) is 2.03. The van der Waals surface area contributed by atoms with Crippen LogP contribution in [0.2, 0.25) is 10.0 Å². The van der Waals surface area contributed by atoms with Gasteiger partial charge in [0, 0.05) is 17.3 Å². The van der Waals surface area contributed by atoms with E-state index in [1.54, 1.807) is 12.1 Å². The van der Waals surface area contributed by atoms with Crippen LogP contribution in [0.4, 0.5) is 0 Å². The lowest BCUT2D eigenvalue weighted by atomic mass is 10.1. The van der Waals surface area contributed by atoms with E-state index in [1.165, 1.54) is 0 Å². The minimum Gasteiger partial charge on any atom is -0.493 e. The second-order valence-corrected chi connectivity index (χ2v) is 4.78. The molecule has 0 saturated carbocycles. The Hall–Kier alpha value is 0.0800. The van der Waals surface area contributed by atoms with Crippen LogP contribution in [-0.4, -0.2) is 11.9 Å². The van der Waals surface area contributed by atoms with Crippen molar-refractivity contribution in [2.75, 3.05) is 11.9 Å². The highest BCUT2D eigenvalue weighted by Gasteiger charge is 2.06. The zero-order valence-electron chi connectivity index (χ0n) is 8.47. The fourth-order valence-corrected chi connectivity index (χ4v) is 1.99. The van der Waals surface area contributed by atoms with Crippen LogP contribution in [0.5, 0.6) is 5.75 Å². The quantitative estimate of drug-likeness (QED) is 0.710. The summed E-state index contributed by atoms with van der Waals surface area (Å²) in [5.41, 5.74) is 0. The second-order valence-electron chi connectivity index (χ2n) is 3.32. The van der Waals surface area contributed by atoms with Crippen molar-refractivity contribution in [3.05, 3.63) is 28.2 Å². The first-order chi connectivity index (χ1) is 7.17. The Morgan fingerprint density at radius 3 is 2.60 bits per heavy atom. The van der Waals surface area contributed by atoms with Crippen molar-refractivity contribution in [3.8, 4) is 5.75 Å². The van der Waals surface area contributed by atoms with E-state index >= 15 is 0 Å². The van der Waals surface area contributed by atoms with Gasteiger partial charge in [0.25, 0.3) is 0 Å². The predicted octanol–water partition coefficient (Wildman–Crippen LogP) is 4.79. The topological polar surface area (TPSA) is 9.23 Å². The molecule has 0 aliphatic rings. The average molecular weight is 312 g/mol. The van der Waals surface area contributed by atoms with Crippen molar-refractivity contribution in [1.82, 2.24) is 0 Å². The van der Waals surface area contributed by atoms with Gasteiger partial charge in [0.2, 0.25) is 0 Å². The van der Waals surface area contributed by atoms with Crippen LogP contribution in [0.1, 0.15) is 13.3 Å². The molecule has 4 heteroatoms. The second kappa shape index (κ2) is 6.62. The van der Waals surface area contributed by atoms with Crippen LogP contribution in [0.25, 0.3) is 0 Å². The molecule has 1 rings (SSSR count). The third-order valence-electron chi connectivity index (χ3n) is 2.17. The monoisotopic (exact) mass is 310 g/mol. The molecule has 0 bridgehead atoms. The molecular weight excluding hydrogens is 299 g/mol. The van der Waals surface area contributed by atoms with E-state index in [9.17, 15) is 0 Å². The fraction of sp³-hybridized carbons (Fsp3) is 0.455. The van der Waals surface area contributed by atoms with Crippen LogP contribution in [0, 0.1) is 5.92 Å². The molecule has 1 unspecified atom stereocenters. The van der Waals surface area contributed by atoms with Crippen molar-refractivity contribution in [2.45, 2.75) is 13.3 Å². The molecule has 0 aromatic heterocycles. The number of halogens is 3. The van der Waals surface area contributed by atoms with Crippen LogP contribution in [0.3, 0.4) is 0 Å². The first-order valence-electron chi connectivity index (χ1n) is 4.81. The van der Waals surface area contributed by atoms with E-state index in [2.05, 4.69) is 22.9 Å². The summed E-state index contributed by atoms with van der Waals surface area (Å²) in [7, 11) is 0. The average Bonchev–Trinajstić information content (AvgIpc) is 2.24. The van der Waals surface area contributed by atoms with Gasteiger partial charge in [0.15, 0.2) is 0 Å². The smallest absolute Gasteiger partial charge is 0.120 e. The highest BCUT2D eigenvalue weighted by molar-refractivity contribution is 9.09. The number of alkyl halides is 1. The van der Waals surface area contributed by atoms with Gasteiger partial charge in [-0.3, -0.25) is 0 Å². The van der Waals surface area contributed by atoms with Crippen LogP contribution in [0.15, 0.2) is 18.2 Å². The van der Waals surface area contributed by atoms with Gasteiger partial charge in [0.05, 0.1) is 16.7 Å². The maximum atomic E-state index is 5.88. The Balaban J connectivity index is 2.54. The molecule has 0 amide bonds. The molecule has 0 N–H and O–H groups in total. The van der Waals surface area contributed by atoms with Crippen LogP contribution >= 0.6 is 39.1 Å². The summed E-state index contributed by atoms with van der Waals surface area (Å²) in [6, 6.07) is 5.31. The number of hydrogen-bond donors (Lipinski definition) is 0. The minimum atomic E-state index is 0.527. The summed E-state index contributed by atoms with van der Waals surface area (Å²) in [6.45, 7) is 2.84. The largest absolute Gasteiger partial charge is 0.493 e. The summed E-state index contributed by atoms with van der Waals surface area (Å²) < 4.78 is 5.61. The summed E-state index contributed by atoms with van der Waals surface area (Å²) in [6.07, 6.45) is 1.09. The van der Waals surface area contributed by atoms with Gasteiger partial charge in [-0.25, -0.2) is 0 Å². The molecule has 0 aliphatic heterocycles. The lowest BCUT2D eigenvalue weighted by molar-refractivity contribution is 0.260. The Bertz CT molecular complexity index is 313. The maximum Gasteiger partial charge on any atom is 0.120 e. The normalized spacial score (nSPS) is 12.5. The Labute approximate surface area is 109 Å². The molecule has 0 aliphatic carbocycles. The first kappa shape index (κ1) is 13.1. The van der Waals surface area contributed by atoms with E-state index in [0.29, 0.717) is 22.6 Å². The lowest BCUT2D eigenvalue weighted by Crippen LogP contribution is -2.12. The number of hydrogen-bond acceptors (Lipinski definition) is 1. The van der Waals surface area contributed by atoms with Crippen molar-refractivity contribution in [3.63, 3.8) is 0 Å². The van der Waals surface area contributed by atoms with Gasteiger partial charge in [-0.1, -0.05) is 46.1 Å². The summed E-state index contributed by atoms with van der Waals surface area (Å²) in [4.78, 5) is 0. The standard InChI is InChI=1S/C11H13BrCl2O/c1-2-8(6-12)7-15-9-3-4-10(13)11(14)5-9/h3-5,8H,2,6-7H2,1H3. The molecule has 1 aromatic carbocycles. The lowest BCUT2D eigenvalue weighted by Gasteiger charge is -2.13. The molecule has 0 fully saturated rings. The number of benzene rings is 1. The molecular formula is C11H13BrCl2O. The highest BCUT2D eigenvalue weighted by Crippen LogP contribution is 2.26. The molecule has 1 aromatic rings. The van der Waals surface area contributed by atoms with Gasteiger partial charge >= 0.3 is 0 Å². The number of rotatable bonds is 5. The summed E-state index contributed by atoms with van der Waals surface area (Å²) >= 11 is 15.1. The third kappa shape index (κ3) is 4.21. The molecule has 84 valence electrons. The minimum absolute atomic E-state index is 0.527. The van der Waals surface area contributed by atoms with E-state index in [1.807, 2.05) is 6.07 Å². The van der Waals surface area contributed by atoms with E-state index in [4.69, 9.17) is 27.9 Å². The Kier molecular flexibility index (Phi) is 5.80. The maximum absolute atomic E-state index is 5.88. The summed E-state index contributed by atoms with van der Waals surface area (Å²) in [5.74, 6) is 1.29. The number of ether oxygens (including phenoxy) is 1. The van der Waals surface area contributed by atoms with E-state index < -0.39 is 0 Å². The van der Waals surface area contributed by atoms with Gasteiger partial charge in [-0.15, -0.1) is 0 Å². The zero-order valence-corrected chi connectivity index (χ0v) is 11.6. The molecule has 0 spiro atoms. The Morgan fingerprint density at radius 2 is 2.07 bits per heavy atom. The highest BCUT2D eigenvalue weighted by atomic mass is 79.9. The van der Waals surface area contributed by atoms with Gasteiger partial charge < -0.3 is 4.74 Å². The van der Waals surface area contributed by atoms with Gasteiger partial charge in [0.1, 0.15) is 5.75 Å². The SMILES string of the molecule is CCC(CBr)COc1ccc(Cl)c(Cl)c1. The van der Waals surface area contributed by atoms with Crippen molar-refractivity contribution in [1.29, 1.82) is 0 Å². The molecule has 0 radical (unpaired) electrons. The van der Waals surface area contributed by atoms with Crippen molar-refractivity contribution in [2.24, 2.45) is 5.92 Å². The van der Waals surface area contributed by atoms with Gasteiger partial charge in [-0.05, 0) is 18.6 Å². The Morgan fingerprint density at radius 1 is 1.33 bits per heavy atom. The molecule has 1 atom stereocenters. The molecule has 1 nitrogen and oxygen atoms in total. The van der Waals surface area contributed by atoms with E-state index in [-0.39, 0.29) is 0 Å². The molecule has 0 saturated heterocycles. The van der Waals surface area contributed by atoms with E-state index in [0.717, 1.165) is 17.5 Å².